The molecule has 0 spiro atoms. The van der Waals surface area contributed by atoms with Crippen molar-refractivity contribution in [3.8, 4) is 17.2 Å². The van der Waals surface area contributed by atoms with E-state index < -0.39 is 0 Å². The third kappa shape index (κ3) is 3.42. The fourth-order valence-corrected chi connectivity index (χ4v) is 2.64. The Morgan fingerprint density at radius 1 is 1.08 bits per heavy atom. The van der Waals surface area contributed by atoms with Gasteiger partial charge >= 0.3 is 0 Å². The first kappa shape index (κ1) is 16.8. The van der Waals surface area contributed by atoms with Gasteiger partial charge in [0.25, 0.3) is 0 Å². The van der Waals surface area contributed by atoms with Crippen molar-refractivity contribution >= 4 is 5.69 Å². The fraction of sp³-hybridized carbons (Fsp3) is 0.211. The van der Waals surface area contributed by atoms with Crippen LogP contribution in [0.4, 0.5) is 10.1 Å². The minimum atomic E-state index is -0.305. The molecule has 3 rings (SSSR count). The van der Waals surface area contributed by atoms with Crippen LogP contribution in [-0.2, 0) is 6.54 Å². The first-order valence-corrected chi connectivity index (χ1v) is 7.88. The standard InChI is InChI=1S/C19H20FN3O2/c1-13-16(12-22-23(13)17-7-5-4-6-15(17)20)21-11-14-8-9-18(24-2)19(10-14)25-3/h4-10,12,21H,11H2,1-3H3. The lowest BCUT2D eigenvalue weighted by molar-refractivity contribution is 0.354. The lowest BCUT2D eigenvalue weighted by Crippen LogP contribution is -2.04. The Bertz CT molecular complexity index is 877. The summed E-state index contributed by atoms with van der Waals surface area (Å²) in [6.07, 6.45) is 1.70. The quantitative estimate of drug-likeness (QED) is 0.737. The second-order valence-electron chi connectivity index (χ2n) is 5.55. The largest absolute Gasteiger partial charge is 0.493 e. The maximum absolute atomic E-state index is 14.0. The Kier molecular flexibility index (Phi) is 4.88. The molecule has 1 heterocycles. The molecule has 0 saturated carbocycles. The number of anilines is 1. The molecule has 2 aromatic carbocycles. The maximum Gasteiger partial charge on any atom is 0.161 e. The number of benzene rings is 2. The highest BCUT2D eigenvalue weighted by atomic mass is 19.1. The predicted octanol–water partition coefficient (Wildman–Crippen LogP) is 3.95. The summed E-state index contributed by atoms with van der Waals surface area (Å²) < 4.78 is 26.1. The minimum absolute atomic E-state index is 0.305. The lowest BCUT2D eigenvalue weighted by atomic mass is 10.2. The van der Waals surface area contributed by atoms with Crippen LogP contribution in [0.2, 0.25) is 0 Å². The van der Waals surface area contributed by atoms with Crippen molar-refractivity contribution in [3.63, 3.8) is 0 Å². The number of rotatable bonds is 6. The number of hydrogen-bond donors (Lipinski definition) is 1. The molecule has 130 valence electrons. The molecule has 25 heavy (non-hydrogen) atoms. The molecule has 0 radical (unpaired) electrons. The van der Waals surface area contributed by atoms with E-state index in [1.165, 1.54) is 6.07 Å². The van der Waals surface area contributed by atoms with Crippen molar-refractivity contribution < 1.29 is 13.9 Å². The zero-order chi connectivity index (χ0) is 17.8. The number of hydrogen-bond acceptors (Lipinski definition) is 4. The van der Waals surface area contributed by atoms with Gasteiger partial charge < -0.3 is 14.8 Å². The van der Waals surface area contributed by atoms with Gasteiger partial charge in [-0.05, 0) is 36.8 Å². The first-order chi connectivity index (χ1) is 12.1. The normalized spacial score (nSPS) is 10.6. The van der Waals surface area contributed by atoms with Gasteiger partial charge in [0, 0.05) is 6.54 Å². The Hall–Kier alpha value is -3.02. The van der Waals surface area contributed by atoms with E-state index in [0.29, 0.717) is 23.7 Å². The SMILES string of the molecule is COc1ccc(CNc2cnn(-c3ccccc3F)c2C)cc1OC. The minimum Gasteiger partial charge on any atom is -0.493 e. The van der Waals surface area contributed by atoms with Crippen molar-refractivity contribution in [3.05, 3.63) is 65.7 Å². The summed E-state index contributed by atoms with van der Waals surface area (Å²) in [7, 11) is 3.22. The maximum atomic E-state index is 14.0. The van der Waals surface area contributed by atoms with Gasteiger partial charge in [0.05, 0.1) is 31.8 Å². The van der Waals surface area contributed by atoms with E-state index in [-0.39, 0.29) is 5.82 Å². The van der Waals surface area contributed by atoms with Gasteiger partial charge in [0.2, 0.25) is 0 Å². The summed E-state index contributed by atoms with van der Waals surface area (Å²) in [5, 5.41) is 7.62. The molecule has 0 amide bonds. The summed E-state index contributed by atoms with van der Waals surface area (Å²) >= 11 is 0. The van der Waals surface area contributed by atoms with E-state index in [1.807, 2.05) is 25.1 Å². The molecule has 1 aromatic heterocycles. The molecular weight excluding hydrogens is 321 g/mol. The summed E-state index contributed by atoms with van der Waals surface area (Å²) in [5.74, 6) is 1.07. The number of methoxy groups -OCH3 is 2. The molecule has 0 bridgehead atoms. The fourth-order valence-electron chi connectivity index (χ4n) is 2.64. The molecule has 1 N–H and O–H groups in total. The molecule has 5 nitrogen and oxygen atoms in total. The molecule has 3 aromatic rings. The van der Waals surface area contributed by atoms with Crippen LogP contribution in [0, 0.1) is 12.7 Å². The zero-order valence-corrected chi connectivity index (χ0v) is 14.4. The van der Waals surface area contributed by atoms with Crippen molar-refractivity contribution in [1.82, 2.24) is 9.78 Å². The van der Waals surface area contributed by atoms with Crippen LogP contribution in [0.1, 0.15) is 11.3 Å². The van der Waals surface area contributed by atoms with E-state index in [4.69, 9.17) is 9.47 Å². The zero-order valence-electron chi connectivity index (χ0n) is 14.4. The Balaban J connectivity index is 1.78. The number of ether oxygens (including phenoxy) is 2. The molecule has 0 atom stereocenters. The highest BCUT2D eigenvalue weighted by molar-refractivity contribution is 5.51. The van der Waals surface area contributed by atoms with Gasteiger partial charge in [0.1, 0.15) is 11.5 Å². The number of nitrogens with zero attached hydrogens (tertiary/aromatic N) is 2. The van der Waals surface area contributed by atoms with Gasteiger partial charge in [-0.3, -0.25) is 0 Å². The van der Waals surface area contributed by atoms with Crippen LogP contribution < -0.4 is 14.8 Å². The van der Waals surface area contributed by atoms with Crippen LogP contribution in [0.5, 0.6) is 11.5 Å². The molecule has 0 aliphatic heterocycles. The summed E-state index contributed by atoms with van der Waals surface area (Å²) in [6.45, 7) is 2.49. The number of nitrogens with one attached hydrogen (secondary N) is 1. The van der Waals surface area contributed by atoms with Crippen molar-refractivity contribution in [2.24, 2.45) is 0 Å². The van der Waals surface area contributed by atoms with E-state index >= 15 is 0 Å². The van der Waals surface area contributed by atoms with Crippen molar-refractivity contribution in [1.29, 1.82) is 0 Å². The second kappa shape index (κ2) is 7.25. The highest BCUT2D eigenvalue weighted by Gasteiger charge is 2.11. The Morgan fingerprint density at radius 2 is 1.84 bits per heavy atom. The molecule has 0 saturated heterocycles. The van der Waals surface area contributed by atoms with Crippen LogP contribution in [0.15, 0.2) is 48.7 Å². The summed E-state index contributed by atoms with van der Waals surface area (Å²) in [6, 6.07) is 12.3. The molecule has 6 heteroatoms. The van der Waals surface area contributed by atoms with Crippen LogP contribution in [0.3, 0.4) is 0 Å². The van der Waals surface area contributed by atoms with Crippen LogP contribution in [-0.4, -0.2) is 24.0 Å². The van der Waals surface area contributed by atoms with Crippen LogP contribution in [0.25, 0.3) is 5.69 Å². The van der Waals surface area contributed by atoms with E-state index in [2.05, 4.69) is 10.4 Å². The van der Waals surface area contributed by atoms with E-state index in [1.54, 1.807) is 43.3 Å². The monoisotopic (exact) mass is 341 g/mol. The second-order valence-corrected chi connectivity index (χ2v) is 5.55. The molecule has 0 aliphatic carbocycles. The van der Waals surface area contributed by atoms with Gasteiger partial charge in [-0.2, -0.15) is 5.10 Å². The predicted molar refractivity (Wildman–Crippen MR) is 95.1 cm³/mol. The molecule has 0 unspecified atom stereocenters. The average molecular weight is 341 g/mol. The lowest BCUT2D eigenvalue weighted by Gasteiger charge is -2.11. The Labute approximate surface area is 146 Å². The average Bonchev–Trinajstić information content (AvgIpc) is 3.00. The Morgan fingerprint density at radius 3 is 2.56 bits per heavy atom. The smallest absolute Gasteiger partial charge is 0.161 e. The molecule has 0 fully saturated rings. The van der Waals surface area contributed by atoms with Gasteiger partial charge in [-0.25, -0.2) is 9.07 Å². The van der Waals surface area contributed by atoms with Crippen LogP contribution >= 0.6 is 0 Å². The van der Waals surface area contributed by atoms with Gasteiger partial charge in [-0.15, -0.1) is 0 Å². The number of para-hydroxylation sites is 1. The van der Waals surface area contributed by atoms with E-state index in [9.17, 15) is 4.39 Å². The van der Waals surface area contributed by atoms with E-state index in [0.717, 1.165) is 16.9 Å². The summed E-state index contributed by atoms with van der Waals surface area (Å²) in [5.41, 5.74) is 3.15. The van der Waals surface area contributed by atoms with Gasteiger partial charge in [-0.1, -0.05) is 18.2 Å². The van der Waals surface area contributed by atoms with Crippen molar-refractivity contribution in [2.75, 3.05) is 19.5 Å². The number of halogens is 1. The first-order valence-electron chi connectivity index (χ1n) is 7.88. The molecular formula is C19H20FN3O2. The van der Waals surface area contributed by atoms with Gasteiger partial charge in [0.15, 0.2) is 11.5 Å². The summed E-state index contributed by atoms with van der Waals surface area (Å²) in [4.78, 5) is 0. The number of aromatic nitrogens is 2. The topological polar surface area (TPSA) is 48.3 Å². The third-order valence-electron chi connectivity index (χ3n) is 4.02. The third-order valence-corrected chi connectivity index (χ3v) is 4.02. The highest BCUT2D eigenvalue weighted by Crippen LogP contribution is 2.28. The molecule has 0 aliphatic rings. The van der Waals surface area contributed by atoms with Crippen molar-refractivity contribution in [2.45, 2.75) is 13.5 Å².